The van der Waals surface area contributed by atoms with Crippen LogP contribution in [0.3, 0.4) is 0 Å². The summed E-state index contributed by atoms with van der Waals surface area (Å²) in [6.07, 6.45) is 0.557. The highest BCUT2D eigenvalue weighted by Gasteiger charge is 2.15. The lowest BCUT2D eigenvalue weighted by atomic mass is 10.2. The fourth-order valence-corrected chi connectivity index (χ4v) is 2.68. The van der Waals surface area contributed by atoms with Gasteiger partial charge in [-0.15, -0.1) is 0 Å². The number of carbonyl (C=O) groups is 1. The number of amides is 1. The Labute approximate surface area is 163 Å². The van der Waals surface area contributed by atoms with Crippen LogP contribution in [0, 0.1) is 0 Å². The molecule has 0 aliphatic heterocycles. The van der Waals surface area contributed by atoms with Crippen LogP contribution in [0.1, 0.15) is 26.2 Å². The molecule has 2 aromatic carbocycles. The summed E-state index contributed by atoms with van der Waals surface area (Å²) in [5.41, 5.74) is 1.40. The predicted octanol–water partition coefficient (Wildman–Crippen LogP) is 4.11. The molecule has 0 saturated carbocycles. The molecule has 0 aliphatic carbocycles. The summed E-state index contributed by atoms with van der Waals surface area (Å²) in [5.74, 6) is 2.03. The molecule has 1 heterocycles. The van der Waals surface area contributed by atoms with Gasteiger partial charge in [0.1, 0.15) is 11.5 Å². The zero-order valence-corrected chi connectivity index (χ0v) is 16.0. The molecule has 0 aliphatic rings. The number of aryl methyl sites for hydroxylation is 1. The lowest BCUT2D eigenvalue weighted by molar-refractivity contribution is -0.116. The molecular weight excluding hydrogens is 358 g/mol. The second-order valence-corrected chi connectivity index (χ2v) is 5.92. The Hall–Kier alpha value is -3.35. The topological polar surface area (TPSA) is 86.5 Å². The summed E-state index contributed by atoms with van der Waals surface area (Å²) in [6.45, 7) is 4.89. The van der Waals surface area contributed by atoms with E-state index in [1.807, 2.05) is 56.3 Å². The van der Waals surface area contributed by atoms with Crippen LogP contribution < -0.4 is 14.8 Å². The van der Waals surface area contributed by atoms with Gasteiger partial charge in [-0.1, -0.05) is 29.4 Å². The highest BCUT2D eigenvalue weighted by molar-refractivity contribution is 5.92. The number of aromatic nitrogens is 2. The molecule has 146 valence electrons. The number of nitrogens with zero attached hydrogens (tertiary/aromatic N) is 2. The summed E-state index contributed by atoms with van der Waals surface area (Å²) in [6, 6.07) is 14.8. The van der Waals surface area contributed by atoms with E-state index in [9.17, 15) is 4.79 Å². The normalized spacial score (nSPS) is 10.5. The molecule has 7 heteroatoms. The number of para-hydroxylation sites is 3. The van der Waals surface area contributed by atoms with Crippen LogP contribution in [-0.4, -0.2) is 29.3 Å². The molecular formula is C21H23N3O4. The number of anilines is 1. The van der Waals surface area contributed by atoms with Gasteiger partial charge in [-0.2, -0.15) is 4.98 Å². The van der Waals surface area contributed by atoms with Crippen LogP contribution in [0.15, 0.2) is 53.1 Å². The summed E-state index contributed by atoms with van der Waals surface area (Å²) < 4.78 is 16.4. The predicted molar refractivity (Wildman–Crippen MR) is 105 cm³/mol. The van der Waals surface area contributed by atoms with Crippen LogP contribution in [0.4, 0.5) is 5.69 Å². The first-order valence-corrected chi connectivity index (χ1v) is 9.27. The minimum absolute atomic E-state index is 0.151. The highest BCUT2D eigenvalue weighted by Crippen LogP contribution is 2.28. The first-order valence-electron chi connectivity index (χ1n) is 9.27. The van der Waals surface area contributed by atoms with Gasteiger partial charge in [0.05, 0.1) is 24.5 Å². The van der Waals surface area contributed by atoms with Gasteiger partial charge in [-0.25, -0.2) is 0 Å². The average Bonchev–Trinajstić information content (AvgIpc) is 3.18. The van der Waals surface area contributed by atoms with E-state index in [1.54, 1.807) is 6.07 Å². The molecule has 1 aromatic heterocycles. The van der Waals surface area contributed by atoms with Crippen molar-refractivity contribution in [2.45, 2.75) is 26.7 Å². The number of ether oxygens (including phenoxy) is 2. The van der Waals surface area contributed by atoms with Crippen molar-refractivity contribution in [3.8, 4) is 22.9 Å². The Morgan fingerprint density at radius 2 is 1.68 bits per heavy atom. The molecule has 0 spiro atoms. The molecule has 1 amide bonds. The number of nitrogens with one attached hydrogen (secondary N) is 1. The molecule has 0 bridgehead atoms. The van der Waals surface area contributed by atoms with Crippen molar-refractivity contribution in [2.24, 2.45) is 0 Å². The van der Waals surface area contributed by atoms with E-state index in [0.29, 0.717) is 48.5 Å². The summed E-state index contributed by atoms with van der Waals surface area (Å²) in [4.78, 5) is 16.7. The fraction of sp³-hybridized carbons (Fsp3) is 0.286. The summed E-state index contributed by atoms with van der Waals surface area (Å²) in [7, 11) is 0. The quantitative estimate of drug-likeness (QED) is 0.600. The van der Waals surface area contributed by atoms with E-state index in [-0.39, 0.29) is 12.3 Å². The lowest BCUT2D eigenvalue weighted by Crippen LogP contribution is -2.13. The van der Waals surface area contributed by atoms with Crippen molar-refractivity contribution in [2.75, 3.05) is 18.5 Å². The number of rotatable bonds is 9. The molecule has 7 nitrogen and oxygen atoms in total. The third-order valence-corrected chi connectivity index (χ3v) is 3.92. The zero-order valence-electron chi connectivity index (χ0n) is 16.0. The first kappa shape index (κ1) is 19.4. The van der Waals surface area contributed by atoms with Crippen LogP contribution >= 0.6 is 0 Å². The lowest BCUT2D eigenvalue weighted by Gasteiger charge is -2.10. The van der Waals surface area contributed by atoms with Gasteiger partial charge in [0.25, 0.3) is 0 Å². The van der Waals surface area contributed by atoms with Crippen molar-refractivity contribution in [1.82, 2.24) is 10.1 Å². The molecule has 0 atom stereocenters. The van der Waals surface area contributed by atoms with Gasteiger partial charge < -0.3 is 19.3 Å². The van der Waals surface area contributed by atoms with Gasteiger partial charge in [0, 0.05) is 12.8 Å². The number of hydrogen-bond acceptors (Lipinski definition) is 6. The maximum atomic E-state index is 12.3. The van der Waals surface area contributed by atoms with E-state index in [4.69, 9.17) is 14.0 Å². The second kappa shape index (κ2) is 9.55. The average molecular weight is 381 g/mol. The van der Waals surface area contributed by atoms with Crippen molar-refractivity contribution in [1.29, 1.82) is 0 Å². The Balaban J connectivity index is 1.61. The van der Waals surface area contributed by atoms with Crippen molar-refractivity contribution >= 4 is 11.6 Å². The molecule has 3 aromatic rings. The third-order valence-electron chi connectivity index (χ3n) is 3.92. The highest BCUT2D eigenvalue weighted by atomic mass is 16.5. The minimum atomic E-state index is -0.151. The van der Waals surface area contributed by atoms with Crippen molar-refractivity contribution < 1.29 is 18.8 Å². The SMILES string of the molecule is CCOc1ccccc1NC(=O)CCc1nc(-c2ccccc2OCC)no1. The molecule has 0 fully saturated rings. The molecule has 0 radical (unpaired) electrons. The van der Waals surface area contributed by atoms with Crippen molar-refractivity contribution in [3.63, 3.8) is 0 Å². The maximum Gasteiger partial charge on any atom is 0.227 e. The van der Waals surface area contributed by atoms with E-state index < -0.39 is 0 Å². The van der Waals surface area contributed by atoms with Crippen LogP contribution in [0.2, 0.25) is 0 Å². The van der Waals surface area contributed by atoms with E-state index in [1.165, 1.54) is 0 Å². The number of hydrogen-bond donors (Lipinski definition) is 1. The third kappa shape index (κ3) is 4.88. The smallest absolute Gasteiger partial charge is 0.227 e. The Morgan fingerprint density at radius 1 is 1.00 bits per heavy atom. The van der Waals surface area contributed by atoms with Gasteiger partial charge in [0.15, 0.2) is 0 Å². The maximum absolute atomic E-state index is 12.3. The summed E-state index contributed by atoms with van der Waals surface area (Å²) in [5, 5.41) is 6.87. The summed E-state index contributed by atoms with van der Waals surface area (Å²) >= 11 is 0. The Kier molecular flexibility index (Phi) is 6.62. The molecule has 1 N–H and O–H groups in total. The van der Waals surface area contributed by atoms with Gasteiger partial charge in [-0.3, -0.25) is 4.79 Å². The zero-order chi connectivity index (χ0) is 19.8. The standard InChI is InChI=1S/C21H23N3O4/c1-3-26-17-11-7-5-9-15(17)21-23-20(28-24-21)14-13-19(25)22-16-10-6-8-12-18(16)27-4-2/h5-12H,3-4,13-14H2,1-2H3,(H,22,25). The largest absolute Gasteiger partial charge is 0.493 e. The van der Waals surface area contributed by atoms with Crippen LogP contribution in [0.5, 0.6) is 11.5 Å². The Bertz CT molecular complexity index is 923. The van der Waals surface area contributed by atoms with Gasteiger partial charge >= 0.3 is 0 Å². The number of benzene rings is 2. The second-order valence-electron chi connectivity index (χ2n) is 5.92. The first-order chi connectivity index (χ1) is 13.7. The molecule has 0 unspecified atom stereocenters. The molecule has 28 heavy (non-hydrogen) atoms. The van der Waals surface area contributed by atoms with E-state index in [2.05, 4.69) is 15.5 Å². The van der Waals surface area contributed by atoms with Crippen molar-refractivity contribution in [3.05, 3.63) is 54.4 Å². The monoisotopic (exact) mass is 381 g/mol. The van der Waals surface area contributed by atoms with Crippen LogP contribution in [-0.2, 0) is 11.2 Å². The Morgan fingerprint density at radius 3 is 2.46 bits per heavy atom. The van der Waals surface area contributed by atoms with E-state index >= 15 is 0 Å². The minimum Gasteiger partial charge on any atom is -0.493 e. The van der Waals surface area contributed by atoms with Gasteiger partial charge in [-0.05, 0) is 38.1 Å². The van der Waals surface area contributed by atoms with E-state index in [0.717, 1.165) is 5.56 Å². The molecule has 3 rings (SSSR count). The molecule has 0 saturated heterocycles. The van der Waals surface area contributed by atoms with Crippen LogP contribution in [0.25, 0.3) is 11.4 Å². The number of carbonyl (C=O) groups excluding carboxylic acids is 1. The fourth-order valence-electron chi connectivity index (χ4n) is 2.68. The van der Waals surface area contributed by atoms with Gasteiger partial charge in [0.2, 0.25) is 17.6 Å².